The number of hydrazine groups is 1. The fourth-order valence-electron chi connectivity index (χ4n) is 2.84. The molecule has 0 radical (unpaired) electrons. The SMILES string of the molecule is CN(C)CCN(C)C(=O)Oc1ccc(F)cc1/C=C1\SC(N2CCCCN2)=NC1=O. The number of rotatable bonds is 5. The number of benzene rings is 1. The van der Waals surface area contributed by atoms with Crippen LogP contribution in [0.5, 0.6) is 5.75 Å². The number of amidine groups is 1. The minimum atomic E-state index is -0.553. The third-order valence-corrected chi connectivity index (χ3v) is 5.61. The Balaban J connectivity index is 1.74. The first kappa shape index (κ1) is 22.3. The van der Waals surface area contributed by atoms with Crippen LogP contribution in [0.3, 0.4) is 0 Å². The van der Waals surface area contributed by atoms with Gasteiger partial charge in [-0.3, -0.25) is 9.80 Å². The van der Waals surface area contributed by atoms with Crippen molar-refractivity contribution >= 4 is 35.0 Å². The lowest BCUT2D eigenvalue weighted by atomic mass is 10.2. The van der Waals surface area contributed by atoms with Crippen LogP contribution in [0.2, 0.25) is 0 Å². The Morgan fingerprint density at radius 2 is 2.13 bits per heavy atom. The van der Waals surface area contributed by atoms with E-state index in [0.29, 0.717) is 28.7 Å². The number of likely N-dealkylation sites (N-methyl/N-ethyl adjacent to an activating group) is 2. The van der Waals surface area contributed by atoms with Crippen molar-refractivity contribution in [2.75, 3.05) is 47.3 Å². The van der Waals surface area contributed by atoms with Crippen LogP contribution < -0.4 is 10.2 Å². The molecule has 2 amide bonds. The van der Waals surface area contributed by atoms with Gasteiger partial charge in [-0.1, -0.05) is 0 Å². The lowest BCUT2D eigenvalue weighted by Gasteiger charge is -2.28. The van der Waals surface area contributed by atoms with E-state index in [0.717, 1.165) is 25.9 Å². The van der Waals surface area contributed by atoms with Gasteiger partial charge in [0.15, 0.2) is 5.17 Å². The Bertz CT molecular complexity index is 868. The molecule has 1 aromatic carbocycles. The first-order valence-corrected chi connectivity index (χ1v) is 10.6. The van der Waals surface area contributed by atoms with Crippen LogP contribution in [-0.2, 0) is 4.79 Å². The Morgan fingerprint density at radius 1 is 1.33 bits per heavy atom. The van der Waals surface area contributed by atoms with Gasteiger partial charge in [0, 0.05) is 38.8 Å². The number of thioether (sulfide) groups is 1. The van der Waals surface area contributed by atoms with Gasteiger partial charge in [0.25, 0.3) is 5.91 Å². The molecule has 162 valence electrons. The van der Waals surface area contributed by atoms with E-state index < -0.39 is 17.8 Å². The van der Waals surface area contributed by atoms with E-state index in [1.165, 1.54) is 40.9 Å². The average Bonchev–Trinajstić information content (AvgIpc) is 3.09. The zero-order valence-corrected chi connectivity index (χ0v) is 18.2. The highest BCUT2D eigenvalue weighted by Gasteiger charge is 2.27. The maximum atomic E-state index is 13.9. The molecule has 0 spiro atoms. The maximum absolute atomic E-state index is 13.9. The summed E-state index contributed by atoms with van der Waals surface area (Å²) in [5, 5.41) is 2.43. The number of nitrogens with one attached hydrogen (secondary N) is 1. The van der Waals surface area contributed by atoms with Crippen molar-refractivity contribution in [2.45, 2.75) is 12.8 Å². The van der Waals surface area contributed by atoms with Crippen molar-refractivity contribution in [3.05, 3.63) is 34.5 Å². The van der Waals surface area contributed by atoms with Crippen LogP contribution in [0.1, 0.15) is 18.4 Å². The number of ether oxygens (including phenoxy) is 1. The van der Waals surface area contributed by atoms with E-state index in [-0.39, 0.29) is 5.75 Å². The van der Waals surface area contributed by atoms with Gasteiger partial charge in [-0.15, -0.1) is 0 Å². The predicted octanol–water partition coefficient (Wildman–Crippen LogP) is 2.39. The van der Waals surface area contributed by atoms with Crippen molar-refractivity contribution < 1.29 is 18.7 Å². The Hall–Kier alpha value is -2.43. The second kappa shape index (κ2) is 10.1. The molecule has 8 nitrogen and oxygen atoms in total. The quantitative estimate of drug-likeness (QED) is 0.712. The lowest BCUT2D eigenvalue weighted by molar-refractivity contribution is -0.113. The molecule has 2 aliphatic heterocycles. The third kappa shape index (κ3) is 5.80. The summed E-state index contributed by atoms with van der Waals surface area (Å²) in [6, 6.07) is 3.84. The van der Waals surface area contributed by atoms with Crippen molar-refractivity contribution in [1.29, 1.82) is 0 Å². The molecule has 0 aliphatic carbocycles. The normalized spacial score (nSPS) is 18.2. The van der Waals surface area contributed by atoms with Crippen LogP contribution >= 0.6 is 11.8 Å². The number of amides is 2. The summed E-state index contributed by atoms with van der Waals surface area (Å²) < 4.78 is 19.3. The van der Waals surface area contributed by atoms with Crippen LogP contribution in [0.4, 0.5) is 9.18 Å². The molecule has 2 aliphatic rings. The van der Waals surface area contributed by atoms with Crippen LogP contribution in [0.15, 0.2) is 28.1 Å². The molecular weight excluding hydrogens is 409 g/mol. The maximum Gasteiger partial charge on any atom is 0.415 e. The van der Waals surface area contributed by atoms with Gasteiger partial charge in [0.2, 0.25) is 0 Å². The molecule has 1 N–H and O–H groups in total. The molecule has 2 heterocycles. The molecule has 1 aromatic rings. The molecular formula is C20H26FN5O3S. The summed E-state index contributed by atoms with van der Waals surface area (Å²) in [6.45, 7) is 2.77. The Kier molecular flexibility index (Phi) is 7.46. The fraction of sp³-hybridized carbons (Fsp3) is 0.450. The third-order valence-electron chi connectivity index (χ3n) is 4.60. The number of halogens is 1. The van der Waals surface area contributed by atoms with E-state index in [2.05, 4.69) is 10.4 Å². The van der Waals surface area contributed by atoms with Crippen LogP contribution in [-0.4, -0.2) is 79.3 Å². The first-order chi connectivity index (χ1) is 14.3. The van der Waals surface area contributed by atoms with Gasteiger partial charge in [0.05, 0.1) is 4.91 Å². The molecule has 0 unspecified atom stereocenters. The molecule has 3 rings (SSSR count). The van der Waals surface area contributed by atoms with Crippen LogP contribution in [0.25, 0.3) is 6.08 Å². The highest BCUT2D eigenvalue weighted by atomic mass is 32.2. The van der Waals surface area contributed by atoms with E-state index in [9.17, 15) is 14.0 Å². The van der Waals surface area contributed by atoms with E-state index in [1.54, 1.807) is 7.05 Å². The predicted molar refractivity (Wildman–Crippen MR) is 116 cm³/mol. The zero-order chi connectivity index (χ0) is 21.7. The molecule has 0 saturated carbocycles. The number of carbonyl (C=O) groups excluding carboxylic acids is 2. The number of aliphatic imine (C=N–C) groups is 1. The van der Waals surface area contributed by atoms with E-state index in [1.807, 2.05) is 24.0 Å². The smallest absolute Gasteiger partial charge is 0.410 e. The highest BCUT2D eigenvalue weighted by Crippen LogP contribution is 2.33. The molecule has 0 atom stereocenters. The minimum absolute atomic E-state index is 0.184. The minimum Gasteiger partial charge on any atom is -0.410 e. The summed E-state index contributed by atoms with van der Waals surface area (Å²) in [6.07, 6.45) is 3.05. The topological polar surface area (TPSA) is 77.5 Å². The highest BCUT2D eigenvalue weighted by molar-refractivity contribution is 8.18. The largest absolute Gasteiger partial charge is 0.415 e. The number of carbonyl (C=O) groups is 2. The van der Waals surface area contributed by atoms with E-state index >= 15 is 0 Å². The molecule has 0 aromatic heterocycles. The second-order valence-corrected chi connectivity index (χ2v) is 8.36. The van der Waals surface area contributed by atoms with Gasteiger partial charge in [-0.2, -0.15) is 4.99 Å². The van der Waals surface area contributed by atoms with Gasteiger partial charge in [-0.05, 0) is 63.0 Å². The van der Waals surface area contributed by atoms with Gasteiger partial charge in [-0.25, -0.2) is 14.6 Å². The van der Waals surface area contributed by atoms with Crippen molar-refractivity contribution in [3.63, 3.8) is 0 Å². The summed E-state index contributed by atoms with van der Waals surface area (Å²) in [7, 11) is 5.46. The lowest BCUT2D eigenvalue weighted by Crippen LogP contribution is -2.45. The Labute approximate surface area is 179 Å². The number of nitrogens with zero attached hydrogens (tertiary/aromatic N) is 4. The Morgan fingerprint density at radius 3 is 2.83 bits per heavy atom. The van der Waals surface area contributed by atoms with Crippen molar-refractivity contribution in [3.8, 4) is 5.75 Å². The second-order valence-electron chi connectivity index (χ2n) is 7.35. The average molecular weight is 436 g/mol. The van der Waals surface area contributed by atoms with Crippen molar-refractivity contribution in [1.82, 2.24) is 20.2 Å². The number of hydrogen-bond acceptors (Lipinski definition) is 7. The summed E-state index contributed by atoms with van der Waals surface area (Å²) in [5.74, 6) is -0.701. The summed E-state index contributed by atoms with van der Waals surface area (Å²) in [5.41, 5.74) is 3.52. The first-order valence-electron chi connectivity index (χ1n) is 9.74. The fourth-order valence-corrected chi connectivity index (χ4v) is 3.75. The van der Waals surface area contributed by atoms with Gasteiger partial charge in [0.1, 0.15) is 11.6 Å². The zero-order valence-electron chi connectivity index (χ0n) is 17.4. The molecule has 1 fully saturated rings. The summed E-state index contributed by atoms with van der Waals surface area (Å²) in [4.78, 5) is 32.6. The van der Waals surface area contributed by atoms with Crippen LogP contribution in [0, 0.1) is 5.82 Å². The molecule has 30 heavy (non-hydrogen) atoms. The molecule has 1 saturated heterocycles. The molecule has 0 bridgehead atoms. The van der Waals surface area contributed by atoms with Crippen molar-refractivity contribution in [2.24, 2.45) is 4.99 Å². The van der Waals surface area contributed by atoms with Gasteiger partial charge >= 0.3 is 6.09 Å². The molecule has 10 heteroatoms. The van der Waals surface area contributed by atoms with E-state index in [4.69, 9.17) is 4.74 Å². The monoisotopic (exact) mass is 435 g/mol. The van der Waals surface area contributed by atoms with Gasteiger partial charge < -0.3 is 14.5 Å². The number of hydrogen-bond donors (Lipinski definition) is 1. The summed E-state index contributed by atoms with van der Waals surface area (Å²) >= 11 is 1.22. The standard InChI is InChI=1S/C20H26FN5O3S/c1-24(2)10-11-25(3)20(28)29-16-7-6-15(21)12-14(16)13-17-18(27)23-19(30-17)26-9-5-4-8-22-26/h6-7,12-13,22H,4-5,8-11H2,1-3H3/b17-13-.